The second-order valence-corrected chi connectivity index (χ2v) is 3.19. The Kier molecular flexibility index (Phi) is 2.35. The highest BCUT2D eigenvalue weighted by Crippen LogP contribution is 2.15. The molecule has 0 fully saturated rings. The second kappa shape index (κ2) is 3.65. The summed E-state index contributed by atoms with van der Waals surface area (Å²) in [5, 5.41) is 0. The lowest BCUT2D eigenvalue weighted by molar-refractivity contribution is -0.145. The van der Waals surface area contributed by atoms with Crippen LogP contribution in [0.4, 0.5) is 0 Å². The summed E-state index contributed by atoms with van der Waals surface area (Å²) in [7, 11) is 0. The highest BCUT2D eigenvalue weighted by atomic mass is 16.5. The van der Waals surface area contributed by atoms with Crippen LogP contribution in [0, 0.1) is 0 Å². The van der Waals surface area contributed by atoms with E-state index in [4.69, 9.17) is 9.47 Å². The van der Waals surface area contributed by atoms with E-state index in [9.17, 15) is 9.59 Å². The quantitative estimate of drug-likeness (QED) is 0.621. The third kappa shape index (κ3) is 1.55. The molecule has 0 saturated heterocycles. The molecule has 0 radical (unpaired) electrons. The first-order chi connectivity index (χ1) is 6.79. The van der Waals surface area contributed by atoms with Crippen LogP contribution >= 0.6 is 0 Å². The summed E-state index contributed by atoms with van der Waals surface area (Å²) in [5.74, 6) is -0.993. The van der Waals surface area contributed by atoms with Crippen molar-refractivity contribution in [1.82, 2.24) is 0 Å². The first kappa shape index (κ1) is 8.99. The summed E-state index contributed by atoms with van der Waals surface area (Å²) in [6.45, 7) is 0. The van der Waals surface area contributed by atoms with Gasteiger partial charge in [-0.2, -0.15) is 0 Å². The van der Waals surface area contributed by atoms with Crippen molar-refractivity contribution in [3.05, 3.63) is 24.7 Å². The molecule has 0 aromatic heterocycles. The number of hydrogen-bond donors (Lipinski definition) is 0. The number of carbonyl (C=O) groups is 2. The van der Waals surface area contributed by atoms with Crippen LogP contribution in [-0.4, -0.2) is 23.8 Å². The van der Waals surface area contributed by atoms with Crippen LogP contribution in [0.15, 0.2) is 24.7 Å². The van der Waals surface area contributed by atoms with Crippen molar-refractivity contribution < 1.29 is 19.1 Å². The molecule has 0 saturated carbocycles. The van der Waals surface area contributed by atoms with Crippen molar-refractivity contribution in [2.75, 3.05) is 0 Å². The van der Waals surface area contributed by atoms with Crippen molar-refractivity contribution in [2.24, 2.45) is 0 Å². The van der Waals surface area contributed by atoms with Gasteiger partial charge in [-0.3, -0.25) is 9.59 Å². The first-order valence-electron chi connectivity index (χ1n) is 4.48. The monoisotopic (exact) mass is 194 g/mol. The van der Waals surface area contributed by atoms with E-state index in [0.29, 0.717) is 12.8 Å². The maximum atomic E-state index is 11.5. The molecule has 0 spiro atoms. The van der Waals surface area contributed by atoms with Gasteiger partial charge in [0.1, 0.15) is 0 Å². The predicted octanol–water partition coefficient (Wildman–Crippen LogP) is 0.730. The number of rotatable bonds is 3. The molecule has 2 unspecified atom stereocenters. The van der Waals surface area contributed by atoms with Crippen LogP contribution in [0.25, 0.3) is 0 Å². The average molecular weight is 194 g/mol. The van der Waals surface area contributed by atoms with Gasteiger partial charge in [-0.25, -0.2) is 0 Å². The van der Waals surface area contributed by atoms with Crippen LogP contribution in [0.5, 0.6) is 0 Å². The van der Waals surface area contributed by atoms with E-state index in [1.807, 2.05) is 0 Å². The van der Waals surface area contributed by atoms with Crippen LogP contribution in [0.1, 0.15) is 12.8 Å². The number of carbonyl (C=O) groups excluding carboxylic acids is 2. The molecule has 0 aromatic carbocycles. The lowest BCUT2D eigenvalue weighted by Crippen LogP contribution is -2.35. The SMILES string of the molecule is O=C(C(=O)C1CC=CO1)C1CC=CO1. The molecule has 0 aliphatic carbocycles. The molecule has 0 amide bonds. The third-order valence-corrected chi connectivity index (χ3v) is 2.21. The molecule has 74 valence electrons. The summed E-state index contributed by atoms with van der Waals surface area (Å²) in [4.78, 5) is 23.0. The fourth-order valence-corrected chi connectivity index (χ4v) is 1.43. The number of hydrogen-bond acceptors (Lipinski definition) is 4. The van der Waals surface area contributed by atoms with Gasteiger partial charge >= 0.3 is 0 Å². The van der Waals surface area contributed by atoms with Crippen molar-refractivity contribution >= 4 is 11.6 Å². The molecule has 0 N–H and O–H groups in total. The minimum atomic E-state index is -0.633. The van der Waals surface area contributed by atoms with E-state index in [2.05, 4.69) is 0 Å². The van der Waals surface area contributed by atoms with Crippen molar-refractivity contribution in [3.8, 4) is 0 Å². The van der Waals surface area contributed by atoms with E-state index < -0.39 is 23.8 Å². The van der Waals surface area contributed by atoms with Crippen LogP contribution in [-0.2, 0) is 19.1 Å². The Bertz CT molecular complexity index is 268. The van der Waals surface area contributed by atoms with E-state index in [0.717, 1.165) is 0 Å². The Morgan fingerprint density at radius 2 is 1.36 bits per heavy atom. The summed E-state index contributed by atoms with van der Waals surface area (Å²) in [6, 6.07) is 0. The summed E-state index contributed by atoms with van der Waals surface area (Å²) < 4.78 is 9.94. The van der Waals surface area contributed by atoms with Crippen LogP contribution in [0.3, 0.4) is 0 Å². The van der Waals surface area contributed by atoms with Gasteiger partial charge in [-0.1, -0.05) is 0 Å². The average Bonchev–Trinajstić information content (AvgIpc) is 2.87. The summed E-state index contributed by atoms with van der Waals surface area (Å²) in [5.41, 5.74) is 0. The lowest BCUT2D eigenvalue weighted by Gasteiger charge is -2.11. The molecule has 2 aliphatic rings. The molecule has 4 heteroatoms. The smallest absolute Gasteiger partial charge is 0.243 e. The molecular weight excluding hydrogens is 184 g/mol. The molecule has 0 bridgehead atoms. The van der Waals surface area contributed by atoms with Gasteiger partial charge in [0.15, 0.2) is 12.2 Å². The van der Waals surface area contributed by atoms with E-state index in [1.54, 1.807) is 12.2 Å². The van der Waals surface area contributed by atoms with Gasteiger partial charge in [0.05, 0.1) is 12.5 Å². The third-order valence-electron chi connectivity index (χ3n) is 2.21. The first-order valence-corrected chi connectivity index (χ1v) is 4.48. The Hall–Kier alpha value is -1.58. The van der Waals surface area contributed by atoms with Gasteiger partial charge in [0.25, 0.3) is 0 Å². The largest absolute Gasteiger partial charge is 0.490 e. The number of ether oxygens (including phenoxy) is 2. The minimum Gasteiger partial charge on any atom is -0.490 e. The molecule has 2 aliphatic heterocycles. The fraction of sp³-hybridized carbons (Fsp3) is 0.400. The Morgan fingerprint density at radius 3 is 1.64 bits per heavy atom. The van der Waals surface area contributed by atoms with Crippen LogP contribution in [0.2, 0.25) is 0 Å². The topological polar surface area (TPSA) is 52.6 Å². The highest BCUT2D eigenvalue weighted by molar-refractivity contribution is 6.40. The van der Waals surface area contributed by atoms with Gasteiger partial charge < -0.3 is 9.47 Å². The predicted molar refractivity (Wildman–Crippen MR) is 47.3 cm³/mol. The minimum absolute atomic E-state index is 0.477. The van der Waals surface area contributed by atoms with E-state index in [-0.39, 0.29) is 0 Å². The molecule has 2 rings (SSSR count). The lowest BCUT2D eigenvalue weighted by atomic mass is 10.0. The van der Waals surface area contributed by atoms with Gasteiger partial charge in [-0.05, 0) is 12.2 Å². The number of Topliss-reactive ketones (excluding diaryl/α,β-unsaturated/α-hetero) is 2. The summed E-state index contributed by atoms with van der Waals surface area (Å²) in [6.07, 6.45) is 6.04. The standard InChI is InChI=1S/C10H10O4/c11-9(7-3-1-5-13-7)10(12)8-4-2-6-14-8/h1-2,5-8H,3-4H2. The molecule has 0 aromatic rings. The molecule has 2 atom stereocenters. The van der Waals surface area contributed by atoms with Gasteiger partial charge in [0, 0.05) is 12.8 Å². The zero-order chi connectivity index (χ0) is 9.97. The van der Waals surface area contributed by atoms with Gasteiger partial charge in [0.2, 0.25) is 11.6 Å². The Labute approximate surface area is 81.2 Å². The van der Waals surface area contributed by atoms with Gasteiger partial charge in [-0.15, -0.1) is 0 Å². The molecule has 2 heterocycles. The van der Waals surface area contributed by atoms with E-state index in [1.165, 1.54) is 12.5 Å². The summed E-state index contributed by atoms with van der Waals surface area (Å²) >= 11 is 0. The second-order valence-electron chi connectivity index (χ2n) is 3.19. The van der Waals surface area contributed by atoms with Crippen molar-refractivity contribution in [3.63, 3.8) is 0 Å². The zero-order valence-corrected chi connectivity index (χ0v) is 7.51. The van der Waals surface area contributed by atoms with Crippen molar-refractivity contribution in [2.45, 2.75) is 25.0 Å². The maximum absolute atomic E-state index is 11.5. The Balaban J connectivity index is 1.94. The van der Waals surface area contributed by atoms with E-state index >= 15 is 0 Å². The van der Waals surface area contributed by atoms with Crippen LogP contribution < -0.4 is 0 Å². The highest BCUT2D eigenvalue weighted by Gasteiger charge is 2.34. The van der Waals surface area contributed by atoms with Crippen molar-refractivity contribution in [1.29, 1.82) is 0 Å². The molecule has 4 nitrogen and oxygen atoms in total. The normalized spacial score (nSPS) is 28.6. The Morgan fingerprint density at radius 1 is 0.929 bits per heavy atom. The number of ketones is 2. The zero-order valence-electron chi connectivity index (χ0n) is 7.51. The fourth-order valence-electron chi connectivity index (χ4n) is 1.43. The molecular formula is C10H10O4. The maximum Gasteiger partial charge on any atom is 0.243 e. The molecule has 14 heavy (non-hydrogen) atoms.